The number of carbonyl (C=O) groups excluding carboxylic acids is 1. The van der Waals surface area contributed by atoms with Crippen molar-refractivity contribution in [2.24, 2.45) is 0 Å². The lowest BCUT2D eigenvalue weighted by Gasteiger charge is -2.13. The molecule has 0 saturated heterocycles. The molecule has 0 aliphatic carbocycles. The molecule has 1 aromatic carbocycles. The molecular weight excluding hydrogens is 328 g/mol. The van der Waals surface area contributed by atoms with Crippen molar-refractivity contribution in [3.8, 4) is 0 Å². The Kier molecular flexibility index (Phi) is 6.78. The maximum absolute atomic E-state index is 12.2. The number of para-hydroxylation sites is 1. The number of benzene rings is 1. The number of allylic oxidation sites excluding steroid dienone is 3. The second kappa shape index (κ2) is 9.04. The van der Waals surface area contributed by atoms with Crippen molar-refractivity contribution < 1.29 is 14.7 Å². The van der Waals surface area contributed by atoms with Crippen LogP contribution in [0.15, 0.2) is 53.8 Å². The smallest absolute Gasteiger partial charge is 0.326 e. The number of H-pyrrole nitrogens is 1. The number of fused-ring (bicyclic) bond motifs is 1. The number of carboxylic acid groups (broad SMARTS) is 1. The van der Waals surface area contributed by atoms with Gasteiger partial charge >= 0.3 is 5.97 Å². The van der Waals surface area contributed by atoms with Crippen LogP contribution >= 0.6 is 0 Å². The van der Waals surface area contributed by atoms with Crippen LogP contribution in [0, 0.1) is 0 Å². The van der Waals surface area contributed by atoms with Crippen LogP contribution < -0.4 is 5.32 Å². The zero-order valence-corrected chi connectivity index (χ0v) is 15.5. The number of amides is 1. The van der Waals surface area contributed by atoms with E-state index in [1.807, 2.05) is 45.0 Å². The molecule has 0 radical (unpaired) electrons. The molecule has 26 heavy (non-hydrogen) atoms. The van der Waals surface area contributed by atoms with Gasteiger partial charge in [-0.1, -0.05) is 35.4 Å². The fraction of sp³-hybridized carbons (Fsp3) is 0.333. The molecule has 138 valence electrons. The van der Waals surface area contributed by atoms with E-state index < -0.39 is 12.0 Å². The summed E-state index contributed by atoms with van der Waals surface area (Å²) in [6.07, 6.45) is 7.29. The minimum Gasteiger partial charge on any atom is -0.480 e. The second-order valence-electron chi connectivity index (χ2n) is 6.77. The van der Waals surface area contributed by atoms with Crippen LogP contribution in [0.25, 0.3) is 10.9 Å². The van der Waals surface area contributed by atoms with Crippen LogP contribution in [0.2, 0.25) is 0 Å². The van der Waals surface area contributed by atoms with E-state index in [0.29, 0.717) is 0 Å². The minimum atomic E-state index is -1.04. The molecule has 0 fully saturated rings. The third kappa shape index (κ3) is 5.62. The van der Waals surface area contributed by atoms with Gasteiger partial charge in [0, 0.05) is 29.6 Å². The highest BCUT2D eigenvalue weighted by Gasteiger charge is 2.21. The molecule has 0 bridgehead atoms. The lowest BCUT2D eigenvalue weighted by Crippen LogP contribution is -2.41. The molecule has 1 unspecified atom stereocenters. The molecule has 1 amide bonds. The van der Waals surface area contributed by atoms with E-state index in [1.165, 1.54) is 11.6 Å². The van der Waals surface area contributed by atoms with Gasteiger partial charge in [-0.2, -0.15) is 0 Å². The number of hydrogen-bond acceptors (Lipinski definition) is 2. The number of carboxylic acids is 1. The van der Waals surface area contributed by atoms with Crippen molar-refractivity contribution in [1.82, 2.24) is 10.3 Å². The van der Waals surface area contributed by atoms with Crippen LogP contribution in [0.5, 0.6) is 0 Å². The first kappa shape index (κ1) is 19.5. The first-order chi connectivity index (χ1) is 12.4. The molecule has 0 spiro atoms. The minimum absolute atomic E-state index is 0.232. The van der Waals surface area contributed by atoms with Crippen molar-refractivity contribution >= 4 is 22.8 Å². The third-order valence-electron chi connectivity index (χ3n) is 4.18. The SMILES string of the molecule is CC(C)=CCCC(C)=CC(=O)NC(Cc1c[nH]c2ccccc12)C(=O)O. The summed E-state index contributed by atoms with van der Waals surface area (Å²) >= 11 is 0. The molecule has 0 aliphatic rings. The van der Waals surface area contributed by atoms with E-state index >= 15 is 0 Å². The summed E-state index contributed by atoms with van der Waals surface area (Å²) in [7, 11) is 0. The summed E-state index contributed by atoms with van der Waals surface area (Å²) in [6, 6.07) is 6.73. The van der Waals surface area contributed by atoms with Gasteiger partial charge in [-0.25, -0.2) is 4.79 Å². The summed E-state index contributed by atoms with van der Waals surface area (Å²) in [5, 5.41) is 13.1. The standard InChI is InChI=1S/C21H26N2O3/c1-14(2)7-6-8-15(3)11-20(24)23-19(21(25)26)12-16-13-22-18-10-5-4-9-17(16)18/h4-5,7,9-11,13,19,22H,6,8,12H2,1-3H3,(H,23,24)(H,25,26). The lowest BCUT2D eigenvalue weighted by atomic mass is 10.0. The van der Waals surface area contributed by atoms with Gasteiger partial charge in [0.15, 0.2) is 0 Å². The van der Waals surface area contributed by atoms with E-state index in [1.54, 1.807) is 6.20 Å². The highest BCUT2D eigenvalue weighted by Crippen LogP contribution is 2.19. The Morgan fingerprint density at radius 2 is 1.96 bits per heavy atom. The Balaban J connectivity index is 2.02. The average Bonchev–Trinajstić information content (AvgIpc) is 2.97. The van der Waals surface area contributed by atoms with E-state index in [2.05, 4.69) is 16.4 Å². The maximum Gasteiger partial charge on any atom is 0.326 e. The molecule has 0 saturated carbocycles. The summed E-state index contributed by atoms with van der Waals surface area (Å²) in [5.74, 6) is -1.41. The summed E-state index contributed by atoms with van der Waals surface area (Å²) in [4.78, 5) is 26.9. The average molecular weight is 354 g/mol. The number of rotatable bonds is 8. The molecule has 0 aliphatic heterocycles. The molecule has 1 heterocycles. The first-order valence-corrected chi connectivity index (χ1v) is 8.75. The van der Waals surface area contributed by atoms with Crippen molar-refractivity contribution in [3.05, 3.63) is 59.3 Å². The number of hydrogen-bond donors (Lipinski definition) is 3. The maximum atomic E-state index is 12.2. The fourth-order valence-corrected chi connectivity index (χ4v) is 2.82. The summed E-state index contributed by atoms with van der Waals surface area (Å²) < 4.78 is 0. The Labute approximate surface area is 153 Å². The Morgan fingerprint density at radius 1 is 1.23 bits per heavy atom. The number of aliphatic carboxylic acids is 1. The van der Waals surface area contributed by atoms with Gasteiger partial charge in [0.2, 0.25) is 5.91 Å². The Bertz CT molecular complexity index is 842. The molecule has 1 aromatic heterocycles. The van der Waals surface area contributed by atoms with Crippen molar-refractivity contribution in [2.45, 2.75) is 46.1 Å². The van der Waals surface area contributed by atoms with E-state index in [4.69, 9.17) is 0 Å². The van der Waals surface area contributed by atoms with Crippen LogP contribution in [0.1, 0.15) is 39.2 Å². The molecule has 2 rings (SSSR count). The first-order valence-electron chi connectivity index (χ1n) is 8.75. The van der Waals surface area contributed by atoms with Gasteiger partial charge in [-0.3, -0.25) is 4.79 Å². The quantitative estimate of drug-likeness (QED) is 0.495. The van der Waals surface area contributed by atoms with Crippen LogP contribution in [-0.4, -0.2) is 28.0 Å². The summed E-state index contributed by atoms with van der Waals surface area (Å²) in [5.41, 5.74) is 3.99. The molecule has 5 nitrogen and oxygen atoms in total. The van der Waals surface area contributed by atoms with E-state index in [-0.39, 0.29) is 12.3 Å². The number of nitrogens with one attached hydrogen (secondary N) is 2. The van der Waals surface area contributed by atoms with Gasteiger partial charge < -0.3 is 15.4 Å². The highest BCUT2D eigenvalue weighted by molar-refractivity contribution is 5.92. The van der Waals surface area contributed by atoms with Gasteiger partial charge in [0.1, 0.15) is 6.04 Å². The third-order valence-corrected chi connectivity index (χ3v) is 4.18. The largest absolute Gasteiger partial charge is 0.480 e. The van der Waals surface area contributed by atoms with Crippen LogP contribution in [-0.2, 0) is 16.0 Å². The van der Waals surface area contributed by atoms with Gasteiger partial charge in [-0.05, 0) is 45.2 Å². The predicted molar refractivity (Wildman–Crippen MR) is 104 cm³/mol. The lowest BCUT2D eigenvalue weighted by molar-refractivity contribution is -0.141. The van der Waals surface area contributed by atoms with Gasteiger partial charge in [-0.15, -0.1) is 0 Å². The topological polar surface area (TPSA) is 82.2 Å². The normalized spacial score (nSPS) is 12.7. The van der Waals surface area contributed by atoms with Crippen LogP contribution in [0.3, 0.4) is 0 Å². The predicted octanol–water partition coefficient (Wildman–Crippen LogP) is 3.97. The highest BCUT2D eigenvalue weighted by atomic mass is 16.4. The number of carbonyl (C=O) groups is 2. The van der Waals surface area contributed by atoms with Gasteiger partial charge in [0.05, 0.1) is 0 Å². The summed E-state index contributed by atoms with van der Waals surface area (Å²) in [6.45, 7) is 5.95. The van der Waals surface area contributed by atoms with Crippen molar-refractivity contribution in [1.29, 1.82) is 0 Å². The second-order valence-corrected chi connectivity index (χ2v) is 6.77. The molecule has 2 aromatic rings. The van der Waals surface area contributed by atoms with E-state index in [0.717, 1.165) is 34.9 Å². The van der Waals surface area contributed by atoms with Gasteiger partial charge in [0.25, 0.3) is 0 Å². The van der Waals surface area contributed by atoms with Crippen molar-refractivity contribution in [3.63, 3.8) is 0 Å². The number of aromatic nitrogens is 1. The zero-order valence-electron chi connectivity index (χ0n) is 15.5. The Morgan fingerprint density at radius 3 is 2.65 bits per heavy atom. The molecule has 1 atom stereocenters. The number of aromatic amines is 1. The molecule has 3 N–H and O–H groups in total. The van der Waals surface area contributed by atoms with E-state index in [9.17, 15) is 14.7 Å². The zero-order chi connectivity index (χ0) is 19.1. The monoisotopic (exact) mass is 354 g/mol. The molecule has 5 heteroatoms. The van der Waals surface area contributed by atoms with Crippen LogP contribution in [0.4, 0.5) is 0 Å². The van der Waals surface area contributed by atoms with Crippen molar-refractivity contribution in [2.75, 3.05) is 0 Å². The Hall–Kier alpha value is -2.82. The fourth-order valence-electron chi connectivity index (χ4n) is 2.82. The molecular formula is C21H26N2O3.